The van der Waals surface area contributed by atoms with Gasteiger partial charge < -0.3 is 30.3 Å². The third kappa shape index (κ3) is 9.40. The molecule has 0 heterocycles. The number of aliphatic carboxylic acids is 2. The number of carbonyl (C=O) groups excluding carboxylic acids is 2. The van der Waals surface area contributed by atoms with E-state index >= 15 is 43.9 Å². The van der Waals surface area contributed by atoms with E-state index < -0.39 is 201 Å². The van der Waals surface area contributed by atoms with E-state index in [-0.39, 0.29) is 0 Å². The second-order valence-corrected chi connectivity index (χ2v) is 20.1. The normalized spacial score (nSPS) is 53.5. The number of carbonyl (C=O) groups is 4. The minimum Gasteiger partial charge on any atom is -0.481 e. The first-order valence-electron chi connectivity index (χ1n) is 19.5. The molecular weight excluding hydrogens is 1050 g/mol. The SMILES string of the molecule is CNC(=O)C1C(Cl)C(OC2C(F)C(F)C(C3C(F)C(F)C(OC4C(Cl)C(Cl)C(C(=O)O)C(C(=O)NC5C(F)C(C)C(F)C(Cl)C5F)C4Cl)C(F)C3F)C(F)C2F)C(Cl)C(Cl)C1C(=O)O. The van der Waals surface area contributed by atoms with Crippen molar-refractivity contribution in [3.05, 3.63) is 0 Å². The summed E-state index contributed by atoms with van der Waals surface area (Å²) >= 11 is 43.4. The van der Waals surface area contributed by atoms with Crippen LogP contribution in [0, 0.1) is 41.4 Å². The maximum atomic E-state index is 16.0. The summed E-state index contributed by atoms with van der Waals surface area (Å²) in [7, 11) is 1.07. The Kier molecular flexibility index (Phi) is 17.7. The molecule has 26 atom stereocenters. The number of halogens is 18. The number of rotatable bonds is 10. The second kappa shape index (κ2) is 21.0. The number of hydrogen-bond acceptors (Lipinski definition) is 6. The van der Waals surface area contributed by atoms with Gasteiger partial charge in [-0.2, -0.15) is 0 Å². The van der Waals surface area contributed by atoms with E-state index in [4.69, 9.17) is 90.7 Å². The van der Waals surface area contributed by atoms with Crippen LogP contribution < -0.4 is 10.6 Å². The van der Waals surface area contributed by atoms with E-state index in [0.29, 0.717) is 0 Å². The summed E-state index contributed by atoms with van der Waals surface area (Å²) in [6.45, 7) is 1.00. The van der Waals surface area contributed by atoms with Gasteiger partial charge in [0.2, 0.25) is 11.8 Å². The van der Waals surface area contributed by atoms with Crippen molar-refractivity contribution in [2.75, 3.05) is 7.05 Å². The summed E-state index contributed by atoms with van der Waals surface area (Å²) in [5.41, 5.74) is 0. The lowest BCUT2D eigenvalue weighted by molar-refractivity contribution is -0.216. The molecule has 0 bridgehead atoms. The van der Waals surface area contributed by atoms with Gasteiger partial charge in [0.25, 0.3) is 0 Å². The largest absolute Gasteiger partial charge is 0.481 e. The molecule has 0 saturated heterocycles. The lowest BCUT2D eigenvalue weighted by atomic mass is 9.66. The predicted molar refractivity (Wildman–Crippen MR) is 210 cm³/mol. The number of hydrogen-bond donors (Lipinski definition) is 4. The first-order valence-corrected chi connectivity index (χ1v) is 22.5. The van der Waals surface area contributed by atoms with Crippen LogP contribution in [0.25, 0.3) is 0 Å². The summed E-state index contributed by atoms with van der Waals surface area (Å²) in [4.78, 5) is 50.4. The summed E-state index contributed by atoms with van der Waals surface area (Å²) in [5.74, 6) is -22.0. The van der Waals surface area contributed by atoms with Crippen molar-refractivity contribution in [1.29, 1.82) is 0 Å². The molecule has 0 aromatic rings. The molecule has 10 nitrogen and oxygen atoms in total. The molecule has 0 radical (unpaired) electrons. The molecule has 4 N–H and O–H groups in total. The zero-order chi connectivity index (χ0) is 48.5. The number of amides is 2. The van der Waals surface area contributed by atoms with Crippen LogP contribution in [0.3, 0.4) is 0 Å². The molecule has 5 aliphatic rings. The van der Waals surface area contributed by atoms with Crippen molar-refractivity contribution in [3.63, 3.8) is 0 Å². The van der Waals surface area contributed by atoms with E-state index in [2.05, 4.69) is 5.32 Å². The molecule has 0 aromatic heterocycles. The van der Waals surface area contributed by atoms with Crippen molar-refractivity contribution >= 4 is 105 Å². The fourth-order valence-corrected chi connectivity index (χ4v) is 12.6. The van der Waals surface area contributed by atoms with Gasteiger partial charge in [-0.05, 0) is 0 Å². The Balaban J connectivity index is 1.36. The predicted octanol–water partition coefficient (Wildman–Crippen LogP) is 6.27. The van der Waals surface area contributed by atoms with Crippen molar-refractivity contribution < 1.29 is 87.2 Å². The third-order valence-corrected chi connectivity index (χ3v) is 17.0. The summed E-state index contributed by atoms with van der Waals surface area (Å²) in [6.07, 6.45) is -45.1. The Hall–Kier alpha value is -0.940. The van der Waals surface area contributed by atoms with Crippen LogP contribution in [0.15, 0.2) is 0 Å². The highest BCUT2D eigenvalue weighted by atomic mass is 35.5. The number of ether oxygens (including phenoxy) is 2. The maximum absolute atomic E-state index is 16.0. The molecule has 5 rings (SSSR count). The Labute approximate surface area is 392 Å². The van der Waals surface area contributed by atoms with Crippen molar-refractivity contribution in [2.45, 2.75) is 143 Å². The molecule has 28 heteroatoms. The average molecular weight is 1090 g/mol. The number of nitrogens with one attached hydrogen (secondary N) is 2. The van der Waals surface area contributed by atoms with Gasteiger partial charge in [0, 0.05) is 24.8 Å². The molecule has 0 aromatic carbocycles. The van der Waals surface area contributed by atoms with Gasteiger partial charge in [-0.15, -0.1) is 81.2 Å². The smallest absolute Gasteiger partial charge is 0.308 e. The highest BCUT2D eigenvalue weighted by Crippen LogP contribution is 2.51. The van der Waals surface area contributed by atoms with Gasteiger partial charge in [-0.1, -0.05) is 6.92 Å². The molecule has 26 unspecified atom stereocenters. The molecular formula is C36H40Cl7F11N2O8. The topological polar surface area (TPSA) is 151 Å². The van der Waals surface area contributed by atoms with Crippen LogP contribution in [0.1, 0.15) is 6.92 Å². The minimum absolute atomic E-state index is 1.00. The van der Waals surface area contributed by atoms with Gasteiger partial charge >= 0.3 is 11.9 Å². The van der Waals surface area contributed by atoms with E-state index in [9.17, 15) is 33.8 Å². The highest BCUT2D eigenvalue weighted by Gasteiger charge is 2.67. The molecule has 64 heavy (non-hydrogen) atoms. The van der Waals surface area contributed by atoms with Crippen LogP contribution in [0.2, 0.25) is 0 Å². The Morgan fingerprint density at radius 1 is 0.422 bits per heavy atom. The van der Waals surface area contributed by atoms with Crippen LogP contribution in [-0.4, -0.2) is 177 Å². The fourth-order valence-electron chi connectivity index (χ4n) is 9.52. The summed E-state index contributed by atoms with van der Waals surface area (Å²) in [6, 6.07) is -2.20. The van der Waals surface area contributed by atoms with E-state index in [0.717, 1.165) is 14.0 Å². The summed E-state index contributed by atoms with van der Waals surface area (Å²) < 4.78 is 183. The van der Waals surface area contributed by atoms with Gasteiger partial charge in [0.05, 0.1) is 79.6 Å². The van der Waals surface area contributed by atoms with Gasteiger partial charge in [0.15, 0.2) is 24.7 Å². The zero-order valence-corrected chi connectivity index (χ0v) is 37.8. The van der Waals surface area contributed by atoms with Crippen LogP contribution in [-0.2, 0) is 28.7 Å². The number of carboxylic acid groups (broad SMARTS) is 2. The van der Waals surface area contributed by atoms with E-state index in [1.807, 2.05) is 5.32 Å². The van der Waals surface area contributed by atoms with E-state index in [1.165, 1.54) is 0 Å². The first-order chi connectivity index (χ1) is 29.7. The fraction of sp³-hybridized carbons (Fsp3) is 0.889. The van der Waals surface area contributed by atoms with Crippen molar-refractivity contribution in [2.24, 2.45) is 41.4 Å². The highest BCUT2D eigenvalue weighted by molar-refractivity contribution is 6.34. The first kappa shape index (κ1) is 54.0. The van der Waals surface area contributed by atoms with Crippen molar-refractivity contribution in [3.8, 4) is 0 Å². The van der Waals surface area contributed by atoms with E-state index in [1.54, 1.807) is 0 Å². The molecule has 5 aliphatic carbocycles. The average Bonchev–Trinajstić information content (AvgIpc) is 3.24. The van der Waals surface area contributed by atoms with Gasteiger partial charge in [0.1, 0.15) is 55.4 Å². The number of carboxylic acids is 2. The molecule has 368 valence electrons. The molecule has 0 aliphatic heterocycles. The molecule has 5 saturated carbocycles. The Morgan fingerprint density at radius 3 is 1.09 bits per heavy atom. The van der Waals surface area contributed by atoms with Crippen molar-refractivity contribution in [1.82, 2.24) is 10.6 Å². The Bertz CT molecular complexity index is 1670. The molecule has 5 fully saturated rings. The summed E-state index contributed by atoms with van der Waals surface area (Å²) in [5, 5.41) is 10.1. The van der Waals surface area contributed by atoms with Crippen LogP contribution in [0.5, 0.6) is 0 Å². The third-order valence-electron chi connectivity index (χ3n) is 13.1. The quantitative estimate of drug-likeness (QED) is 0.148. The van der Waals surface area contributed by atoms with Gasteiger partial charge in [-0.3, -0.25) is 19.2 Å². The standard InChI is InChI=1S/C36H40Cl7F11N2O8/c1-3-17(44)16(43)23(50)28(18(3)45)56-34(58)5-7(36(61)62)11(38)15(42)30(13(5)40)64-32-26(53)21(48)9(22(49)27(32)54)8-19(46)24(51)31(25(52)20(8)47)63-29-12(39)4(33(57)55-2)6(35(59)60)10(37)14(29)41/h3-32H,1-2H3,(H,55,57)(H,56,58)(H,59,60)(H,61,62). The van der Waals surface area contributed by atoms with Gasteiger partial charge in [-0.25, -0.2) is 48.3 Å². The maximum Gasteiger partial charge on any atom is 0.308 e. The van der Waals surface area contributed by atoms with Crippen LogP contribution >= 0.6 is 81.2 Å². The minimum atomic E-state index is -3.54. The lowest BCUT2D eigenvalue weighted by Gasteiger charge is -2.50. The monoisotopic (exact) mass is 1080 g/mol. The number of alkyl halides is 18. The Morgan fingerprint density at radius 2 is 0.766 bits per heavy atom. The van der Waals surface area contributed by atoms with Crippen LogP contribution in [0.4, 0.5) is 48.3 Å². The lowest BCUT2D eigenvalue weighted by Crippen LogP contribution is -2.68. The zero-order valence-electron chi connectivity index (χ0n) is 32.5. The molecule has 0 spiro atoms. The second-order valence-electron chi connectivity index (χ2n) is 16.6. The molecule has 2 amide bonds.